The minimum Gasteiger partial charge on any atom is -0.497 e. The fourth-order valence-electron chi connectivity index (χ4n) is 5.92. The molecule has 3 aromatic carbocycles. The van der Waals surface area contributed by atoms with Crippen LogP contribution < -0.4 is 15.8 Å². The monoisotopic (exact) mass is 537 g/mol. The Kier molecular flexibility index (Phi) is 8.71. The van der Waals surface area contributed by atoms with Gasteiger partial charge in [0, 0.05) is 67.0 Å². The van der Waals surface area contributed by atoms with Crippen LogP contribution in [0.1, 0.15) is 29.0 Å². The maximum Gasteiger partial charge on any atom is 0.321 e. The Balaban J connectivity index is 1.36. The molecule has 0 aromatic heterocycles. The van der Waals surface area contributed by atoms with Gasteiger partial charge in [-0.3, -0.25) is 4.90 Å². The summed E-state index contributed by atoms with van der Waals surface area (Å²) in [4.78, 5) is 20.2. The van der Waals surface area contributed by atoms with Gasteiger partial charge in [0.2, 0.25) is 0 Å². The van der Waals surface area contributed by atoms with E-state index in [0.29, 0.717) is 25.7 Å². The fraction of sp³-hybridized carbons (Fsp3) is 0.364. The van der Waals surface area contributed by atoms with Crippen molar-refractivity contribution in [3.8, 4) is 17.6 Å². The number of carbonyl (C=O) groups excluding carboxylic acids is 1. The number of nitrogens with zero attached hydrogens (tertiary/aromatic N) is 3. The van der Waals surface area contributed by atoms with Gasteiger partial charge in [-0.1, -0.05) is 42.2 Å². The number of ether oxygens (including phenoxy) is 1. The van der Waals surface area contributed by atoms with Crippen molar-refractivity contribution in [1.82, 2.24) is 14.7 Å². The van der Waals surface area contributed by atoms with Crippen molar-refractivity contribution in [2.75, 3.05) is 52.7 Å². The van der Waals surface area contributed by atoms with E-state index in [1.807, 2.05) is 59.5 Å². The zero-order chi connectivity index (χ0) is 28.1. The van der Waals surface area contributed by atoms with Crippen LogP contribution >= 0.6 is 0 Å². The molecule has 0 saturated carbocycles. The normalized spacial score (nSPS) is 22.7. The van der Waals surface area contributed by atoms with E-state index in [4.69, 9.17) is 10.5 Å². The van der Waals surface area contributed by atoms with E-state index in [0.717, 1.165) is 35.5 Å². The first-order valence-electron chi connectivity index (χ1n) is 14.0. The summed E-state index contributed by atoms with van der Waals surface area (Å²) in [5.41, 5.74) is 10.4. The number of nitrogens with one attached hydrogen (secondary N) is 1. The van der Waals surface area contributed by atoms with Gasteiger partial charge in [0.25, 0.3) is 0 Å². The molecule has 4 atom stereocenters. The number of hydrogen-bond acceptors (Lipinski definition) is 5. The molecule has 0 aliphatic carbocycles. The predicted molar refractivity (Wildman–Crippen MR) is 161 cm³/mol. The van der Waals surface area contributed by atoms with E-state index < -0.39 is 0 Å². The minimum absolute atomic E-state index is 0.0778. The first kappa shape index (κ1) is 27.7. The summed E-state index contributed by atoms with van der Waals surface area (Å²) in [5, 5.41) is 3.09. The molecule has 2 amide bonds. The van der Waals surface area contributed by atoms with Crippen molar-refractivity contribution in [3.63, 3.8) is 0 Å². The van der Waals surface area contributed by atoms with Crippen molar-refractivity contribution < 1.29 is 9.53 Å². The Labute approximate surface area is 237 Å². The number of rotatable bonds is 5. The molecule has 2 fully saturated rings. The molecule has 7 nitrogen and oxygen atoms in total. The molecule has 7 heteroatoms. The summed E-state index contributed by atoms with van der Waals surface area (Å²) in [7, 11) is 5.87. The lowest BCUT2D eigenvalue weighted by molar-refractivity contribution is -0.0481. The largest absolute Gasteiger partial charge is 0.497 e. The van der Waals surface area contributed by atoms with Gasteiger partial charge in [-0.15, -0.1) is 0 Å². The lowest BCUT2D eigenvalue weighted by Gasteiger charge is -2.58. The van der Waals surface area contributed by atoms with Crippen LogP contribution in [0.3, 0.4) is 0 Å². The third kappa shape index (κ3) is 6.15. The molecule has 0 bridgehead atoms. The van der Waals surface area contributed by atoms with Crippen molar-refractivity contribution in [2.24, 2.45) is 5.73 Å². The van der Waals surface area contributed by atoms with Crippen molar-refractivity contribution in [1.29, 1.82) is 0 Å². The summed E-state index contributed by atoms with van der Waals surface area (Å²) in [6.45, 7) is 2.88. The average Bonchev–Trinajstić information content (AvgIpc) is 2.96. The number of benzene rings is 3. The Morgan fingerprint density at radius 2 is 1.65 bits per heavy atom. The van der Waals surface area contributed by atoms with Crippen LogP contribution in [0, 0.1) is 11.8 Å². The number of urea groups is 1. The number of nitrogens with two attached hydrogens (primary N) is 1. The van der Waals surface area contributed by atoms with E-state index in [1.165, 1.54) is 5.56 Å². The maximum absolute atomic E-state index is 13.5. The molecule has 3 N–H and O–H groups in total. The van der Waals surface area contributed by atoms with E-state index in [9.17, 15) is 4.79 Å². The molecule has 2 heterocycles. The Morgan fingerprint density at radius 1 is 0.975 bits per heavy atom. The van der Waals surface area contributed by atoms with Gasteiger partial charge in [0.15, 0.2) is 0 Å². The van der Waals surface area contributed by atoms with Gasteiger partial charge >= 0.3 is 6.03 Å². The lowest BCUT2D eigenvalue weighted by atomic mass is 9.73. The molecule has 2 aliphatic heterocycles. The molecular formula is C33H39N5O2. The summed E-state index contributed by atoms with van der Waals surface area (Å²) in [6.07, 6.45) is 0.906. The highest BCUT2D eigenvalue weighted by molar-refractivity contribution is 5.89. The molecule has 0 spiro atoms. The highest BCUT2D eigenvalue weighted by atomic mass is 16.5. The second-order valence-corrected chi connectivity index (χ2v) is 10.8. The van der Waals surface area contributed by atoms with Crippen molar-refractivity contribution >= 4 is 11.7 Å². The number of hydrogen-bond donors (Lipinski definition) is 2. The van der Waals surface area contributed by atoms with E-state index in [1.54, 1.807) is 7.11 Å². The van der Waals surface area contributed by atoms with Gasteiger partial charge in [-0.25, -0.2) is 4.79 Å². The fourth-order valence-corrected chi connectivity index (χ4v) is 5.92. The SMILES string of the molecule is COc1ccc(NC(=O)N2CC[C@H](N(C)C)CN3[C@H](CN)[C@H](c4ccc(C#Cc5ccccc5)cc4)[C@@H]3C2)cc1. The number of likely N-dealkylation sites (N-methyl/N-ethyl adjacent to an activating group) is 1. The van der Waals surface area contributed by atoms with Gasteiger partial charge in [0.05, 0.1) is 7.11 Å². The maximum atomic E-state index is 13.5. The van der Waals surface area contributed by atoms with Crippen LogP contribution in [0.5, 0.6) is 5.75 Å². The van der Waals surface area contributed by atoms with E-state index in [-0.39, 0.29) is 24.0 Å². The number of amides is 2. The van der Waals surface area contributed by atoms with Crippen molar-refractivity contribution in [3.05, 3.63) is 95.6 Å². The molecular weight excluding hydrogens is 498 g/mol. The topological polar surface area (TPSA) is 74.1 Å². The van der Waals surface area contributed by atoms with Crippen LogP contribution in [-0.2, 0) is 0 Å². The quantitative estimate of drug-likeness (QED) is 0.481. The van der Waals surface area contributed by atoms with Crippen LogP contribution in [0.4, 0.5) is 10.5 Å². The second kappa shape index (κ2) is 12.6. The molecule has 208 valence electrons. The first-order valence-corrected chi connectivity index (χ1v) is 14.0. The second-order valence-electron chi connectivity index (χ2n) is 10.8. The zero-order valence-corrected chi connectivity index (χ0v) is 23.6. The molecule has 0 radical (unpaired) electrons. The summed E-state index contributed by atoms with van der Waals surface area (Å²) in [5.74, 6) is 7.52. The van der Waals surface area contributed by atoms with Crippen LogP contribution in [0.15, 0.2) is 78.9 Å². The molecule has 2 aliphatic rings. The molecule has 40 heavy (non-hydrogen) atoms. The molecule has 3 aromatic rings. The number of methoxy groups -OCH3 is 1. The zero-order valence-electron chi connectivity index (χ0n) is 23.6. The van der Waals surface area contributed by atoms with E-state index >= 15 is 0 Å². The third-order valence-electron chi connectivity index (χ3n) is 8.26. The number of carbonyl (C=O) groups is 1. The highest BCUT2D eigenvalue weighted by Crippen LogP contribution is 2.42. The first-order chi connectivity index (χ1) is 19.5. The minimum atomic E-state index is -0.0778. The van der Waals surface area contributed by atoms with Crippen molar-refractivity contribution in [2.45, 2.75) is 30.5 Å². The average molecular weight is 538 g/mol. The molecule has 5 rings (SSSR count). The highest BCUT2D eigenvalue weighted by Gasteiger charge is 2.50. The van der Waals surface area contributed by atoms with Gasteiger partial charge in [-0.05, 0) is 74.6 Å². The third-order valence-corrected chi connectivity index (χ3v) is 8.26. The van der Waals surface area contributed by atoms with E-state index in [2.05, 4.69) is 65.3 Å². The summed E-state index contributed by atoms with van der Waals surface area (Å²) >= 11 is 0. The van der Waals surface area contributed by atoms with Gasteiger partial charge in [-0.2, -0.15) is 0 Å². The van der Waals surface area contributed by atoms with Crippen LogP contribution in [0.25, 0.3) is 0 Å². The Hall–Kier alpha value is -3.83. The predicted octanol–water partition coefficient (Wildman–Crippen LogP) is 4.06. The lowest BCUT2D eigenvalue weighted by Crippen LogP contribution is -2.71. The Bertz CT molecular complexity index is 1330. The van der Waals surface area contributed by atoms with Gasteiger partial charge < -0.3 is 25.6 Å². The van der Waals surface area contributed by atoms with Crippen LogP contribution in [0.2, 0.25) is 0 Å². The smallest absolute Gasteiger partial charge is 0.321 e. The standard InChI is InChI=1S/C33H39N5O2/c1-36(2)28-19-20-37(33(39)35-27-15-17-29(40-3)18-16-27)23-31-32(30(21-34)38(31)22-28)26-13-11-25(12-14-26)10-9-24-7-5-4-6-8-24/h4-8,11-18,28,30-32H,19-23,34H2,1-3H3,(H,35,39)/t28-,30+,31-,32-/m0/s1. The number of anilines is 1. The number of fused-ring (bicyclic) bond motifs is 1. The molecule has 0 unspecified atom stereocenters. The Morgan fingerprint density at radius 3 is 2.27 bits per heavy atom. The van der Waals surface area contributed by atoms with Gasteiger partial charge in [0.1, 0.15) is 5.75 Å². The summed E-state index contributed by atoms with van der Waals surface area (Å²) in [6, 6.07) is 26.7. The van der Waals surface area contributed by atoms with Crippen LogP contribution in [-0.4, -0.2) is 86.2 Å². The summed E-state index contributed by atoms with van der Waals surface area (Å²) < 4.78 is 5.25. The molecule has 2 saturated heterocycles.